The molecule has 0 aromatic heterocycles. The number of carbonyl (C=O) groups excluding carboxylic acids is 2. The van der Waals surface area contributed by atoms with Crippen LogP contribution in [0.5, 0.6) is 11.5 Å². The standard InChI is InChI=1S/C18H27NO3.C16H26O5.C8H15N3O7/c1-14(2)8-6-4-5-7-9-18(21)19-13-15-10-11-16(20)17(12-15)22-3;1-9-5-6-12-10(2)13(17-4)18-14-16(12)11(9)7-8-15(3,19-14)20-21-16;1-11(10-17)8(16)9-4-6(14)5(13)3(2-12)18-7(4)15/h6,8,10-12,14,20H,4-5,7,9,13H2,1-3H3,(H,19,21);9-14H,5-8H2,1-4H3;3-7,12-15H,2H2,1H3,(H,9,16)/b8-6+;;/t;9-,10-,11+,12+,13+,14-,15+,16?;3-,4-,5-,6-,7+/m.11/s1. The number of fused-ring (bicyclic) bond motifs is 2. The van der Waals surface area contributed by atoms with Crippen LogP contribution in [-0.2, 0) is 40.1 Å². The molecule has 1 aromatic rings. The summed E-state index contributed by atoms with van der Waals surface area (Å²) in [5, 5.41) is 54.8. The number of aromatic hydroxyl groups is 1. The number of phenolic OH excluding ortho intramolecular Hbond substituents is 1. The van der Waals surface area contributed by atoms with E-state index in [4.69, 9.17) is 38.6 Å². The van der Waals surface area contributed by atoms with Crippen molar-refractivity contribution in [2.24, 2.45) is 34.9 Å². The maximum atomic E-state index is 11.8. The van der Waals surface area contributed by atoms with E-state index in [1.165, 1.54) is 13.5 Å². The molecule has 1 aromatic carbocycles. The number of phenols is 1. The molecule has 3 amide bonds. The van der Waals surface area contributed by atoms with Gasteiger partial charge in [-0.05, 0) is 80.9 Å². The summed E-state index contributed by atoms with van der Waals surface area (Å²) in [5.74, 6) is 2.12. The first-order chi connectivity index (χ1) is 28.9. The Balaban J connectivity index is 0.000000203. The normalized spacial score (nSPS) is 35.1. The van der Waals surface area contributed by atoms with Crippen molar-refractivity contribution in [3.8, 4) is 11.5 Å². The van der Waals surface area contributed by atoms with Crippen LogP contribution in [0.1, 0.15) is 91.5 Å². The largest absolute Gasteiger partial charge is 0.504 e. The highest BCUT2D eigenvalue weighted by Gasteiger charge is 2.69. The van der Waals surface area contributed by atoms with E-state index < -0.39 is 61.0 Å². The number of amides is 3. The molecule has 1 spiro atoms. The Kier molecular flexibility index (Phi) is 18.7. The van der Waals surface area contributed by atoms with Gasteiger partial charge in [0.2, 0.25) is 11.7 Å². The van der Waals surface area contributed by atoms with Crippen LogP contribution in [0.2, 0.25) is 0 Å². The molecule has 1 saturated carbocycles. The Hall–Kier alpha value is -3.50. The van der Waals surface area contributed by atoms with E-state index >= 15 is 0 Å². The van der Waals surface area contributed by atoms with Crippen LogP contribution in [0, 0.1) is 34.5 Å². The Morgan fingerprint density at radius 1 is 1.05 bits per heavy atom. The Bertz CT molecular complexity index is 1610. The van der Waals surface area contributed by atoms with Gasteiger partial charge in [0.15, 0.2) is 36.0 Å². The maximum absolute atomic E-state index is 11.8. The molecule has 7 N–H and O–H groups in total. The summed E-state index contributed by atoms with van der Waals surface area (Å²) >= 11 is 0. The quantitative estimate of drug-likeness (QED) is 0.0490. The van der Waals surface area contributed by atoms with Gasteiger partial charge in [-0.2, -0.15) is 5.01 Å². The van der Waals surface area contributed by atoms with Crippen molar-refractivity contribution < 1.29 is 68.6 Å². The third kappa shape index (κ3) is 12.4. The van der Waals surface area contributed by atoms with Gasteiger partial charge in [-0.15, -0.1) is 4.91 Å². The summed E-state index contributed by atoms with van der Waals surface area (Å²) in [5.41, 5.74) is 0.435. The minimum atomic E-state index is -1.63. The molecule has 1 aliphatic carbocycles. The lowest BCUT2D eigenvalue weighted by Gasteiger charge is -2.60. The number of allylic oxidation sites excluding steroid dienone is 2. The van der Waals surface area contributed by atoms with Crippen molar-refractivity contribution in [3.63, 3.8) is 0 Å². The van der Waals surface area contributed by atoms with Crippen LogP contribution < -0.4 is 15.4 Å². The summed E-state index contributed by atoms with van der Waals surface area (Å²) < 4.78 is 27.8. The first-order valence-corrected chi connectivity index (χ1v) is 21.1. The van der Waals surface area contributed by atoms with Gasteiger partial charge < -0.3 is 59.9 Å². The summed E-state index contributed by atoms with van der Waals surface area (Å²) in [6, 6.07) is 2.74. The molecule has 61 heavy (non-hydrogen) atoms. The highest BCUT2D eigenvalue weighted by molar-refractivity contribution is 5.75. The van der Waals surface area contributed by atoms with Gasteiger partial charge in [-0.25, -0.2) is 14.6 Å². The first kappa shape index (κ1) is 50.1. The molecule has 5 saturated heterocycles. The Labute approximate surface area is 357 Å². The summed E-state index contributed by atoms with van der Waals surface area (Å²) in [6.07, 6.45) is 5.67. The highest BCUT2D eigenvalue weighted by Crippen LogP contribution is 2.60. The minimum Gasteiger partial charge on any atom is -0.504 e. The smallest absolute Gasteiger partial charge is 0.340 e. The number of rotatable bonds is 13. The van der Waals surface area contributed by atoms with E-state index in [9.17, 15) is 34.9 Å². The molecular formula is C42H68N4O15. The average molecular weight is 869 g/mol. The van der Waals surface area contributed by atoms with Gasteiger partial charge in [0.1, 0.15) is 24.4 Å². The zero-order valence-electron chi connectivity index (χ0n) is 36.6. The highest BCUT2D eigenvalue weighted by atomic mass is 17.3. The zero-order chi connectivity index (χ0) is 45.1. The van der Waals surface area contributed by atoms with E-state index in [1.807, 2.05) is 6.92 Å². The van der Waals surface area contributed by atoms with Crippen molar-refractivity contribution in [1.82, 2.24) is 15.6 Å². The predicted molar refractivity (Wildman–Crippen MR) is 219 cm³/mol. The number of unbranched alkanes of at least 4 members (excludes halogenated alkanes) is 2. The number of nitrogens with zero attached hydrogens (tertiary/aromatic N) is 2. The van der Waals surface area contributed by atoms with Gasteiger partial charge in [0, 0.05) is 45.4 Å². The molecule has 2 bridgehead atoms. The fourth-order valence-corrected chi connectivity index (χ4v) is 8.70. The number of nitroso groups, excluding NO2 is 1. The van der Waals surface area contributed by atoms with Crippen molar-refractivity contribution in [2.45, 2.75) is 147 Å². The molecule has 1 unspecified atom stereocenters. The molecule has 19 heteroatoms. The number of nitrogens with one attached hydrogen (secondary N) is 2. The molecule has 0 radical (unpaired) electrons. The zero-order valence-corrected chi connectivity index (χ0v) is 36.6. The first-order valence-electron chi connectivity index (χ1n) is 21.1. The van der Waals surface area contributed by atoms with Gasteiger partial charge in [-0.1, -0.05) is 45.9 Å². The predicted octanol–water partition coefficient (Wildman–Crippen LogP) is 3.74. The van der Waals surface area contributed by atoms with Crippen LogP contribution in [0.4, 0.5) is 4.79 Å². The van der Waals surface area contributed by atoms with Crippen molar-refractivity contribution in [1.29, 1.82) is 0 Å². The van der Waals surface area contributed by atoms with Gasteiger partial charge in [0.05, 0.1) is 19.0 Å². The fraction of sp³-hybridized carbons (Fsp3) is 0.762. The average Bonchev–Trinajstić information content (AvgIpc) is 3.48. The number of aliphatic hydroxyl groups is 4. The van der Waals surface area contributed by atoms with E-state index in [1.54, 1.807) is 25.3 Å². The molecule has 19 nitrogen and oxygen atoms in total. The number of ether oxygens (including phenoxy) is 5. The molecule has 13 atom stereocenters. The van der Waals surface area contributed by atoms with E-state index in [-0.39, 0.29) is 23.9 Å². The second-order valence-electron chi connectivity index (χ2n) is 17.0. The number of hydrogen-bond acceptors (Lipinski definition) is 16. The minimum absolute atomic E-state index is 0.0554. The molecule has 5 heterocycles. The van der Waals surface area contributed by atoms with E-state index in [2.05, 4.69) is 55.8 Å². The third-order valence-corrected chi connectivity index (χ3v) is 12.2. The Morgan fingerprint density at radius 3 is 2.44 bits per heavy atom. The number of urea groups is 1. The van der Waals surface area contributed by atoms with Crippen LogP contribution in [0.15, 0.2) is 35.6 Å². The summed E-state index contributed by atoms with van der Waals surface area (Å²) in [7, 11) is 4.28. The molecule has 6 fully saturated rings. The SMILES string of the molecule is CN(N=O)C(=O)N[C@@H]1[C@@H](O)[C@H](O)[C@@H](CO)O[C@@H]1O.CO[C@H]1O[C@@H]2O[C@]3(C)CC[C@H]4[C@H](C)CC[C@@H]([C@H]1C)C24OO3.COc1cc(CNC(=O)CCCC/C=C/C(C)C)ccc1O. The van der Waals surface area contributed by atoms with Gasteiger partial charge in [0.25, 0.3) is 0 Å². The van der Waals surface area contributed by atoms with Crippen molar-refractivity contribution in [2.75, 3.05) is 27.9 Å². The van der Waals surface area contributed by atoms with Crippen molar-refractivity contribution >= 4 is 11.9 Å². The second kappa shape index (κ2) is 22.7. The molecule has 5 aliphatic heterocycles. The fourth-order valence-electron chi connectivity index (χ4n) is 8.70. The van der Waals surface area contributed by atoms with Crippen LogP contribution in [-0.4, -0.2) is 125 Å². The second-order valence-corrected chi connectivity index (χ2v) is 17.0. The molecule has 7 rings (SSSR count). The van der Waals surface area contributed by atoms with Crippen LogP contribution in [0.25, 0.3) is 0 Å². The lowest BCUT2D eigenvalue weighted by Crippen LogP contribution is -2.70. The Morgan fingerprint density at radius 2 is 1.79 bits per heavy atom. The monoisotopic (exact) mass is 868 g/mol. The number of benzene rings is 1. The third-order valence-electron chi connectivity index (χ3n) is 12.2. The topological polar surface area (TPSA) is 257 Å². The van der Waals surface area contributed by atoms with Gasteiger partial charge in [-0.3, -0.25) is 4.79 Å². The van der Waals surface area contributed by atoms with Crippen LogP contribution >= 0.6 is 0 Å². The molecule has 6 aliphatic rings. The number of methoxy groups -OCH3 is 2. The summed E-state index contributed by atoms with van der Waals surface area (Å²) in [6.45, 7) is 10.6. The molecule has 346 valence electrons. The number of hydrogen-bond donors (Lipinski definition) is 7. The number of aliphatic hydroxyl groups excluding tert-OH is 4. The lowest BCUT2D eigenvalue weighted by molar-refractivity contribution is -0.577. The summed E-state index contributed by atoms with van der Waals surface area (Å²) in [4.78, 5) is 45.0. The van der Waals surface area contributed by atoms with Gasteiger partial charge >= 0.3 is 6.03 Å². The van der Waals surface area contributed by atoms with Crippen molar-refractivity contribution in [3.05, 3.63) is 40.8 Å². The maximum Gasteiger partial charge on any atom is 0.340 e. The van der Waals surface area contributed by atoms with E-state index in [0.717, 1.165) is 51.1 Å². The van der Waals surface area contributed by atoms with Crippen LogP contribution in [0.3, 0.4) is 0 Å². The van der Waals surface area contributed by atoms with E-state index in [0.29, 0.717) is 47.4 Å². The molecular weight excluding hydrogens is 800 g/mol. The number of carbonyl (C=O) groups is 2. The lowest BCUT2D eigenvalue weighted by atomic mass is 9.58.